The molecule has 1 aliphatic rings. The second-order valence-corrected chi connectivity index (χ2v) is 5.75. The van der Waals surface area contributed by atoms with Crippen molar-refractivity contribution in [3.8, 4) is 0 Å². The van der Waals surface area contributed by atoms with Crippen molar-refractivity contribution in [2.45, 2.75) is 19.3 Å². The minimum absolute atomic E-state index is 0.0630. The molecule has 1 aliphatic carbocycles. The Bertz CT molecular complexity index is 526. The predicted molar refractivity (Wildman–Crippen MR) is 79.0 cm³/mol. The number of carbonyl (C=O) groups excluding carboxylic acids is 2. The summed E-state index contributed by atoms with van der Waals surface area (Å²) >= 11 is 1.45. The van der Waals surface area contributed by atoms with Crippen molar-refractivity contribution in [1.82, 2.24) is 0 Å². The fraction of sp³-hybridized carbons (Fsp3) is 0.571. The van der Waals surface area contributed by atoms with Crippen LogP contribution in [-0.4, -0.2) is 45.9 Å². The van der Waals surface area contributed by atoms with Crippen LogP contribution in [0, 0.1) is 0 Å². The molecule has 0 saturated heterocycles. The van der Waals surface area contributed by atoms with Gasteiger partial charge in [0.05, 0.1) is 25.9 Å². The van der Waals surface area contributed by atoms with Crippen molar-refractivity contribution in [3.63, 3.8) is 0 Å². The van der Waals surface area contributed by atoms with E-state index >= 15 is 0 Å². The number of methoxy groups -OCH3 is 2. The van der Waals surface area contributed by atoms with Gasteiger partial charge in [0, 0.05) is 12.0 Å². The van der Waals surface area contributed by atoms with Crippen LogP contribution in [0.5, 0.6) is 0 Å². The molecule has 0 bridgehead atoms. The van der Waals surface area contributed by atoms with Crippen LogP contribution in [0.4, 0.5) is 5.00 Å². The summed E-state index contributed by atoms with van der Waals surface area (Å²) in [6.45, 7) is 0.731. The molecular weight excluding hydrogens is 294 g/mol. The van der Waals surface area contributed by atoms with Gasteiger partial charge in [-0.2, -0.15) is 0 Å². The Labute approximate surface area is 127 Å². The number of thiophene rings is 1. The average Bonchev–Trinajstić information content (AvgIpc) is 3.03. The normalized spacial score (nSPS) is 13.0. The summed E-state index contributed by atoms with van der Waals surface area (Å²) in [6.07, 6.45) is 2.85. The van der Waals surface area contributed by atoms with Gasteiger partial charge in [0.1, 0.15) is 11.6 Å². The fourth-order valence-corrected chi connectivity index (χ4v) is 3.57. The lowest BCUT2D eigenvalue weighted by molar-refractivity contribution is -0.121. The standard InChI is InChI=1S/C14H19NO5S/c1-18-6-7-20-8-11(16)15-13-12(14(17)19-2)9-4-3-5-10(9)21-13/h3-8H2,1-2H3,(H,15,16). The van der Waals surface area contributed by atoms with Gasteiger partial charge in [-0.05, 0) is 24.8 Å². The topological polar surface area (TPSA) is 73.9 Å². The van der Waals surface area contributed by atoms with E-state index in [-0.39, 0.29) is 12.5 Å². The van der Waals surface area contributed by atoms with Crippen molar-refractivity contribution in [2.24, 2.45) is 0 Å². The second kappa shape index (κ2) is 7.53. The molecular formula is C14H19NO5S. The molecule has 1 N–H and O–H groups in total. The van der Waals surface area contributed by atoms with Crippen LogP contribution >= 0.6 is 11.3 Å². The molecule has 2 rings (SSSR count). The lowest BCUT2D eigenvalue weighted by atomic mass is 10.1. The highest BCUT2D eigenvalue weighted by Gasteiger charge is 2.27. The Morgan fingerprint density at radius 2 is 2.05 bits per heavy atom. The molecule has 0 atom stereocenters. The quantitative estimate of drug-likeness (QED) is 0.612. The van der Waals surface area contributed by atoms with Crippen molar-refractivity contribution < 1.29 is 23.8 Å². The smallest absolute Gasteiger partial charge is 0.341 e. The summed E-state index contributed by atoms with van der Waals surface area (Å²) in [6, 6.07) is 0. The molecule has 1 amide bonds. The molecule has 0 saturated carbocycles. The number of rotatable bonds is 7. The predicted octanol–water partition coefficient (Wildman–Crippen LogP) is 1.62. The van der Waals surface area contributed by atoms with Gasteiger partial charge in [-0.15, -0.1) is 11.3 Å². The van der Waals surface area contributed by atoms with Crippen molar-refractivity contribution in [1.29, 1.82) is 0 Å². The van der Waals surface area contributed by atoms with E-state index in [1.54, 1.807) is 7.11 Å². The van der Waals surface area contributed by atoms with E-state index < -0.39 is 5.97 Å². The summed E-state index contributed by atoms with van der Waals surface area (Å²) in [5, 5.41) is 3.31. The molecule has 6 nitrogen and oxygen atoms in total. The van der Waals surface area contributed by atoms with Crippen LogP contribution in [-0.2, 0) is 31.8 Å². The number of hydrogen-bond acceptors (Lipinski definition) is 6. The first kappa shape index (κ1) is 15.9. The molecule has 21 heavy (non-hydrogen) atoms. The van der Waals surface area contributed by atoms with Crippen LogP contribution < -0.4 is 5.32 Å². The van der Waals surface area contributed by atoms with Crippen LogP contribution in [0.15, 0.2) is 0 Å². The average molecular weight is 313 g/mol. The second-order valence-electron chi connectivity index (χ2n) is 4.65. The Balaban J connectivity index is 2.03. The fourth-order valence-electron chi connectivity index (χ4n) is 2.28. The first-order valence-corrected chi connectivity index (χ1v) is 7.58. The van der Waals surface area contributed by atoms with E-state index in [2.05, 4.69) is 5.32 Å². The third-order valence-corrected chi connectivity index (χ3v) is 4.44. The number of amides is 1. The molecule has 116 valence electrons. The maximum Gasteiger partial charge on any atom is 0.341 e. The molecule has 0 fully saturated rings. The van der Waals surface area contributed by atoms with Gasteiger partial charge >= 0.3 is 5.97 Å². The van der Waals surface area contributed by atoms with Gasteiger partial charge in [0.15, 0.2) is 0 Å². The number of esters is 1. The molecule has 7 heteroatoms. The number of aryl methyl sites for hydroxylation is 1. The third-order valence-electron chi connectivity index (χ3n) is 3.23. The Hall–Kier alpha value is -1.44. The van der Waals surface area contributed by atoms with Gasteiger partial charge in [-0.1, -0.05) is 0 Å². The summed E-state index contributed by atoms with van der Waals surface area (Å²) in [5.74, 6) is -0.679. The van der Waals surface area contributed by atoms with E-state index in [0.717, 1.165) is 29.7 Å². The van der Waals surface area contributed by atoms with Crippen LogP contribution in [0.2, 0.25) is 0 Å². The number of hydrogen-bond donors (Lipinski definition) is 1. The lowest BCUT2D eigenvalue weighted by Gasteiger charge is -2.07. The number of fused-ring (bicyclic) bond motifs is 1. The Kier molecular flexibility index (Phi) is 5.72. The van der Waals surface area contributed by atoms with Crippen LogP contribution in [0.25, 0.3) is 0 Å². The highest BCUT2D eigenvalue weighted by atomic mass is 32.1. The summed E-state index contributed by atoms with van der Waals surface area (Å²) in [4.78, 5) is 24.9. The minimum atomic E-state index is -0.398. The molecule has 0 unspecified atom stereocenters. The van der Waals surface area contributed by atoms with E-state index in [1.165, 1.54) is 18.4 Å². The molecule has 0 aromatic carbocycles. The first-order chi connectivity index (χ1) is 10.2. The number of ether oxygens (including phenoxy) is 3. The molecule has 1 aromatic heterocycles. The third kappa shape index (κ3) is 3.81. The monoisotopic (exact) mass is 313 g/mol. The van der Waals surface area contributed by atoms with E-state index in [1.807, 2.05) is 0 Å². The van der Waals surface area contributed by atoms with Gasteiger partial charge in [-0.25, -0.2) is 4.79 Å². The minimum Gasteiger partial charge on any atom is -0.465 e. The summed E-state index contributed by atoms with van der Waals surface area (Å²) in [7, 11) is 2.92. The van der Waals surface area contributed by atoms with E-state index in [4.69, 9.17) is 14.2 Å². The van der Waals surface area contributed by atoms with Crippen molar-refractivity contribution >= 4 is 28.2 Å². The van der Waals surface area contributed by atoms with Gasteiger partial charge < -0.3 is 19.5 Å². The molecule has 0 aliphatic heterocycles. The summed E-state index contributed by atoms with van der Waals surface area (Å²) in [5.41, 5.74) is 1.52. The molecule has 0 spiro atoms. The largest absolute Gasteiger partial charge is 0.465 e. The zero-order valence-corrected chi connectivity index (χ0v) is 13.0. The maximum absolute atomic E-state index is 11.9. The van der Waals surface area contributed by atoms with Crippen molar-refractivity contribution in [2.75, 3.05) is 39.4 Å². The van der Waals surface area contributed by atoms with Gasteiger partial charge in [-0.3, -0.25) is 4.79 Å². The highest BCUT2D eigenvalue weighted by Crippen LogP contribution is 2.39. The lowest BCUT2D eigenvalue weighted by Crippen LogP contribution is -2.20. The van der Waals surface area contributed by atoms with Crippen LogP contribution in [0.1, 0.15) is 27.2 Å². The number of carbonyl (C=O) groups is 2. The summed E-state index contributed by atoms with van der Waals surface area (Å²) < 4.78 is 14.8. The highest BCUT2D eigenvalue weighted by molar-refractivity contribution is 7.17. The van der Waals surface area contributed by atoms with E-state index in [0.29, 0.717) is 23.8 Å². The van der Waals surface area contributed by atoms with Crippen LogP contribution in [0.3, 0.4) is 0 Å². The maximum atomic E-state index is 11.9. The van der Waals surface area contributed by atoms with Gasteiger partial charge in [0.2, 0.25) is 0 Å². The Morgan fingerprint density at radius 1 is 1.24 bits per heavy atom. The molecule has 1 heterocycles. The number of anilines is 1. The van der Waals surface area contributed by atoms with Gasteiger partial charge in [0.25, 0.3) is 5.91 Å². The zero-order chi connectivity index (χ0) is 15.2. The zero-order valence-electron chi connectivity index (χ0n) is 12.2. The number of nitrogens with one attached hydrogen (secondary N) is 1. The first-order valence-electron chi connectivity index (χ1n) is 6.76. The van der Waals surface area contributed by atoms with Crippen molar-refractivity contribution in [3.05, 3.63) is 16.0 Å². The SMILES string of the molecule is COCCOCC(=O)Nc1sc2c(c1C(=O)OC)CCC2. The molecule has 0 radical (unpaired) electrons. The van der Waals surface area contributed by atoms with E-state index in [9.17, 15) is 9.59 Å². The Morgan fingerprint density at radius 3 is 2.76 bits per heavy atom. The molecule has 1 aromatic rings.